The van der Waals surface area contributed by atoms with E-state index in [4.69, 9.17) is 4.74 Å². The number of hydrogen-bond acceptors (Lipinski definition) is 4. The molecule has 3 rings (SSSR count). The molecule has 0 fully saturated rings. The smallest absolute Gasteiger partial charge is 0.245 e. The zero-order valence-corrected chi connectivity index (χ0v) is 20.9. The van der Waals surface area contributed by atoms with Crippen molar-refractivity contribution in [3.63, 3.8) is 0 Å². The summed E-state index contributed by atoms with van der Waals surface area (Å²) >= 11 is 0. The molecule has 180 valence electrons. The van der Waals surface area contributed by atoms with Crippen LogP contribution >= 0.6 is 0 Å². The normalized spacial score (nSPS) is 12.2. The second-order valence-electron chi connectivity index (χ2n) is 8.17. The van der Waals surface area contributed by atoms with Crippen LogP contribution in [0, 0.1) is 6.92 Å². The number of aryl methyl sites for hydroxylation is 3. The van der Waals surface area contributed by atoms with Gasteiger partial charge in [0, 0.05) is 5.69 Å². The Morgan fingerprint density at radius 3 is 2.18 bits per heavy atom. The van der Waals surface area contributed by atoms with Crippen molar-refractivity contribution in [3.05, 3.63) is 89.0 Å². The van der Waals surface area contributed by atoms with E-state index in [2.05, 4.69) is 10.0 Å². The number of anilines is 1. The van der Waals surface area contributed by atoms with Crippen LogP contribution in [-0.2, 0) is 34.1 Å². The van der Waals surface area contributed by atoms with Crippen LogP contribution in [0.3, 0.4) is 0 Å². The van der Waals surface area contributed by atoms with Gasteiger partial charge in [0.25, 0.3) is 0 Å². The second kappa shape index (κ2) is 11.3. The zero-order valence-electron chi connectivity index (χ0n) is 20.1. The summed E-state index contributed by atoms with van der Waals surface area (Å²) in [5, 5.41) is 3.02. The second-order valence-corrected chi connectivity index (χ2v) is 9.85. The van der Waals surface area contributed by atoms with Gasteiger partial charge in [-0.2, -0.15) is 4.72 Å². The minimum absolute atomic E-state index is 0.00377. The summed E-state index contributed by atoms with van der Waals surface area (Å²) in [6.45, 7) is 5.86. The zero-order chi connectivity index (χ0) is 24.7. The van der Waals surface area contributed by atoms with Gasteiger partial charge in [0.05, 0.1) is 7.11 Å². The third kappa shape index (κ3) is 6.04. The molecule has 34 heavy (non-hydrogen) atoms. The fraction of sp³-hybridized carbons (Fsp3) is 0.296. The molecule has 0 saturated carbocycles. The fourth-order valence-corrected chi connectivity index (χ4v) is 5.34. The predicted molar refractivity (Wildman–Crippen MR) is 136 cm³/mol. The van der Waals surface area contributed by atoms with Crippen molar-refractivity contribution in [1.82, 2.24) is 4.72 Å². The number of para-hydroxylation sites is 1. The van der Waals surface area contributed by atoms with Crippen LogP contribution < -0.4 is 14.8 Å². The van der Waals surface area contributed by atoms with Crippen LogP contribution in [0.5, 0.6) is 5.75 Å². The molecular weight excluding hydrogens is 448 g/mol. The monoisotopic (exact) mass is 480 g/mol. The Balaban J connectivity index is 1.98. The van der Waals surface area contributed by atoms with Crippen LogP contribution in [0.25, 0.3) is 0 Å². The van der Waals surface area contributed by atoms with Gasteiger partial charge in [-0.15, -0.1) is 0 Å². The average molecular weight is 481 g/mol. The number of hydrogen-bond donors (Lipinski definition) is 2. The first-order valence-electron chi connectivity index (χ1n) is 11.4. The molecule has 3 aromatic carbocycles. The van der Waals surface area contributed by atoms with Crippen molar-refractivity contribution in [1.29, 1.82) is 0 Å². The average Bonchev–Trinajstić information content (AvgIpc) is 2.84. The van der Waals surface area contributed by atoms with Crippen LogP contribution in [0.1, 0.15) is 36.1 Å². The van der Waals surface area contributed by atoms with Crippen LogP contribution in [0.2, 0.25) is 0 Å². The van der Waals surface area contributed by atoms with Gasteiger partial charge in [-0.3, -0.25) is 4.79 Å². The first-order valence-corrected chi connectivity index (χ1v) is 12.9. The van der Waals surface area contributed by atoms with E-state index in [-0.39, 0.29) is 17.1 Å². The van der Waals surface area contributed by atoms with Crippen molar-refractivity contribution in [2.75, 3.05) is 12.4 Å². The molecule has 0 aliphatic heterocycles. The van der Waals surface area contributed by atoms with Gasteiger partial charge in [0.2, 0.25) is 15.9 Å². The lowest BCUT2D eigenvalue weighted by Crippen LogP contribution is -2.45. The van der Waals surface area contributed by atoms with Gasteiger partial charge in [-0.1, -0.05) is 68.4 Å². The number of rotatable bonds is 10. The molecule has 0 heterocycles. The van der Waals surface area contributed by atoms with E-state index in [9.17, 15) is 13.2 Å². The van der Waals surface area contributed by atoms with E-state index >= 15 is 0 Å². The van der Waals surface area contributed by atoms with Gasteiger partial charge < -0.3 is 10.1 Å². The SMILES string of the molecule is CCc1cccc(CC)c1NC(=O)[C@@H](Cc1ccccc1)NS(=O)(=O)c1cc(C)ccc1OC. The van der Waals surface area contributed by atoms with Crippen LogP contribution in [-0.4, -0.2) is 27.5 Å². The standard InChI is InChI=1S/C27H32N2O4S/c1-5-21-13-10-14-22(6-2)26(21)28-27(30)23(18-20-11-8-7-9-12-20)29-34(31,32)25-17-19(3)15-16-24(25)33-4/h7-17,23,29H,5-6,18H2,1-4H3,(H,28,30)/t23-/m1/s1. The summed E-state index contributed by atoms with van der Waals surface area (Å²) in [6, 6.07) is 19.2. The molecule has 0 bridgehead atoms. The van der Waals surface area contributed by atoms with Crippen LogP contribution in [0.15, 0.2) is 71.6 Å². The number of sulfonamides is 1. The lowest BCUT2D eigenvalue weighted by atomic mass is 10.0. The number of carbonyl (C=O) groups is 1. The van der Waals surface area contributed by atoms with Gasteiger partial charge >= 0.3 is 0 Å². The summed E-state index contributed by atoms with van der Waals surface area (Å²) < 4.78 is 34.7. The van der Waals surface area contributed by atoms with Crippen LogP contribution in [0.4, 0.5) is 5.69 Å². The minimum Gasteiger partial charge on any atom is -0.495 e. The summed E-state index contributed by atoms with van der Waals surface area (Å²) in [4.78, 5) is 13.5. The largest absolute Gasteiger partial charge is 0.495 e. The lowest BCUT2D eigenvalue weighted by molar-refractivity contribution is -0.117. The van der Waals surface area contributed by atoms with Gasteiger partial charge in [-0.25, -0.2) is 8.42 Å². The maximum absolute atomic E-state index is 13.5. The number of carbonyl (C=O) groups excluding carboxylic acids is 1. The van der Waals surface area contributed by atoms with Crippen molar-refractivity contribution in [2.45, 2.75) is 51.0 Å². The molecule has 1 atom stereocenters. The molecule has 2 N–H and O–H groups in total. The van der Waals surface area contributed by atoms with E-state index in [0.717, 1.165) is 40.8 Å². The molecule has 0 aromatic heterocycles. The quantitative estimate of drug-likeness (QED) is 0.442. The molecule has 1 amide bonds. The number of methoxy groups -OCH3 is 1. The topological polar surface area (TPSA) is 84.5 Å². The fourth-order valence-electron chi connectivity index (χ4n) is 3.90. The molecule has 0 saturated heterocycles. The highest BCUT2D eigenvalue weighted by Gasteiger charge is 2.29. The highest BCUT2D eigenvalue weighted by atomic mass is 32.2. The summed E-state index contributed by atoms with van der Waals surface area (Å²) in [5.74, 6) is -0.184. The molecular formula is C27H32N2O4S. The molecule has 0 unspecified atom stereocenters. The first kappa shape index (κ1) is 25.5. The molecule has 0 aliphatic rings. The van der Waals surface area contributed by atoms with E-state index in [0.29, 0.717) is 0 Å². The molecule has 3 aromatic rings. The van der Waals surface area contributed by atoms with E-state index in [1.807, 2.05) is 62.4 Å². The maximum Gasteiger partial charge on any atom is 0.245 e. The van der Waals surface area contributed by atoms with E-state index in [1.54, 1.807) is 25.1 Å². The Kier molecular flexibility index (Phi) is 8.47. The first-order chi connectivity index (χ1) is 16.3. The Labute approximate surface area is 202 Å². The third-order valence-electron chi connectivity index (χ3n) is 5.75. The summed E-state index contributed by atoms with van der Waals surface area (Å²) in [7, 11) is -2.63. The van der Waals surface area contributed by atoms with Gasteiger partial charge in [0.15, 0.2) is 0 Å². The number of nitrogens with one attached hydrogen (secondary N) is 2. The van der Waals surface area contributed by atoms with Crippen molar-refractivity contribution in [3.8, 4) is 5.75 Å². The van der Waals surface area contributed by atoms with Crippen molar-refractivity contribution in [2.24, 2.45) is 0 Å². The highest BCUT2D eigenvalue weighted by Crippen LogP contribution is 2.26. The molecule has 6 nitrogen and oxygen atoms in total. The molecule has 0 radical (unpaired) electrons. The number of amides is 1. The predicted octanol–water partition coefficient (Wildman–Crippen LogP) is 4.66. The van der Waals surface area contributed by atoms with Gasteiger partial charge in [0.1, 0.15) is 16.7 Å². The third-order valence-corrected chi connectivity index (χ3v) is 7.25. The van der Waals surface area contributed by atoms with E-state index in [1.165, 1.54) is 7.11 Å². The number of benzene rings is 3. The van der Waals surface area contributed by atoms with Crippen molar-refractivity contribution < 1.29 is 17.9 Å². The Morgan fingerprint density at radius 1 is 0.941 bits per heavy atom. The minimum atomic E-state index is -4.05. The summed E-state index contributed by atoms with van der Waals surface area (Å²) in [5.41, 5.74) is 4.39. The number of ether oxygens (including phenoxy) is 1. The maximum atomic E-state index is 13.5. The molecule has 7 heteroatoms. The van der Waals surface area contributed by atoms with Gasteiger partial charge in [-0.05, 0) is 60.6 Å². The highest BCUT2D eigenvalue weighted by molar-refractivity contribution is 7.89. The van der Waals surface area contributed by atoms with E-state index < -0.39 is 22.0 Å². The Hall–Kier alpha value is -3.16. The Bertz CT molecular complexity index is 1220. The summed E-state index contributed by atoms with van der Waals surface area (Å²) in [6.07, 6.45) is 1.70. The lowest BCUT2D eigenvalue weighted by Gasteiger charge is -2.22. The van der Waals surface area contributed by atoms with Crippen molar-refractivity contribution >= 4 is 21.6 Å². The molecule has 0 spiro atoms. The molecule has 0 aliphatic carbocycles. The Morgan fingerprint density at radius 2 is 1.59 bits per heavy atom.